The van der Waals surface area contributed by atoms with Crippen LogP contribution in [0.5, 0.6) is 5.75 Å². The summed E-state index contributed by atoms with van der Waals surface area (Å²) < 4.78 is 5.35. The van der Waals surface area contributed by atoms with E-state index in [1.807, 2.05) is 20.9 Å². The molecule has 1 N–H and O–H groups in total. The molecule has 0 aliphatic heterocycles. The largest absolute Gasteiger partial charge is 0.492 e. The molecule has 1 unspecified atom stereocenters. The Hall–Kier alpha value is -1.06. The minimum absolute atomic E-state index is 0.0102. The molecule has 18 heavy (non-hydrogen) atoms. The Morgan fingerprint density at radius 2 is 2.17 bits per heavy atom. The molecule has 1 aromatic carbocycles. The van der Waals surface area contributed by atoms with Gasteiger partial charge in [-0.25, -0.2) is 0 Å². The smallest absolute Gasteiger partial charge is 0.167 e. The zero-order chi connectivity index (χ0) is 13.5. The lowest BCUT2D eigenvalue weighted by molar-refractivity contribution is 0.0916. The lowest BCUT2D eigenvalue weighted by Gasteiger charge is -2.14. The molecule has 3 nitrogen and oxygen atoms in total. The van der Waals surface area contributed by atoms with E-state index >= 15 is 0 Å². The van der Waals surface area contributed by atoms with Crippen molar-refractivity contribution in [2.45, 2.75) is 20.3 Å². The highest BCUT2D eigenvalue weighted by molar-refractivity contribution is 6.32. The van der Waals surface area contributed by atoms with E-state index in [4.69, 9.17) is 16.3 Å². The van der Waals surface area contributed by atoms with Crippen LogP contribution in [0.2, 0.25) is 5.02 Å². The van der Waals surface area contributed by atoms with Crippen LogP contribution in [0.1, 0.15) is 30.6 Å². The maximum absolute atomic E-state index is 12.2. The van der Waals surface area contributed by atoms with Crippen LogP contribution < -0.4 is 10.1 Å². The lowest BCUT2D eigenvalue weighted by atomic mass is 9.95. The molecule has 0 heterocycles. The van der Waals surface area contributed by atoms with Crippen molar-refractivity contribution in [3.8, 4) is 5.75 Å². The van der Waals surface area contributed by atoms with Crippen molar-refractivity contribution in [3.63, 3.8) is 0 Å². The number of ether oxygens (including phenoxy) is 1. The zero-order valence-electron chi connectivity index (χ0n) is 11.1. The van der Waals surface area contributed by atoms with E-state index in [9.17, 15) is 4.79 Å². The number of Topliss-reactive ketones (excluding diaryl/α,β-unsaturated/α-hetero) is 1. The number of hydrogen-bond acceptors (Lipinski definition) is 3. The number of rotatable bonds is 7. The average Bonchev–Trinajstić information content (AvgIpc) is 2.37. The highest BCUT2D eigenvalue weighted by Crippen LogP contribution is 2.26. The van der Waals surface area contributed by atoms with Crippen LogP contribution in [-0.2, 0) is 0 Å². The molecule has 1 aromatic rings. The van der Waals surface area contributed by atoms with Gasteiger partial charge < -0.3 is 10.1 Å². The first-order valence-corrected chi connectivity index (χ1v) is 6.62. The molecule has 0 aliphatic rings. The fourth-order valence-electron chi connectivity index (χ4n) is 1.83. The third-order valence-corrected chi connectivity index (χ3v) is 3.13. The fraction of sp³-hybridized carbons (Fsp3) is 0.500. The highest BCUT2D eigenvalue weighted by atomic mass is 35.5. The molecular formula is C14H20ClNO2. The van der Waals surface area contributed by atoms with Crippen LogP contribution in [-0.4, -0.2) is 26.0 Å². The standard InChI is InChI=1S/C14H20ClNO2/c1-4-10(9-16-3)14(17)11-6-7-13(18-5-2)12(15)8-11/h6-8,10,16H,4-5,9H2,1-3H3. The summed E-state index contributed by atoms with van der Waals surface area (Å²) in [4.78, 5) is 12.2. The number of halogens is 1. The molecule has 0 saturated carbocycles. The monoisotopic (exact) mass is 269 g/mol. The molecular weight excluding hydrogens is 250 g/mol. The van der Waals surface area contributed by atoms with Gasteiger partial charge >= 0.3 is 0 Å². The molecule has 1 rings (SSSR count). The van der Waals surface area contributed by atoms with Crippen LogP contribution in [0.3, 0.4) is 0 Å². The fourth-order valence-corrected chi connectivity index (χ4v) is 2.07. The van der Waals surface area contributed by atoms with Crippen molar-refractivity contribution in [1.29, 1.82) is 0 Å². The number of nitrogens with one attached hydrogen (secondary N) is 1. The molecule has 0 fully saturated rings. The Kier molecular flexibility index (Phi) is 6.16. The van der Waals surface area contributed by atoms with Crippen molar-refractivity contribution in [3.05, 3.63) is 28.8 Å². The second-order valence-corrected chi connectivity index (χ2v) is 4.51. The van der Waals surface area contributed by atoms with E-state index in [0.29, 0.717) is 29.5 Å². The molecule has 0 amide bonds. The van der Waals surface area contributed by atoms with E-state index in [1.54, 1.807) is 18.2 Å². The summed E-state index contributed by atoms with van der Waals surface area (Å²) in [5.74, 6) is 0.734. The molecule has 0 aromatic heterocycles. The van der Waals surface area contributed by atoms with Gasteiger partial charge in [0, 0.05) is 18.0 Å². The first kappa shape index (κ1) is 15.0. The van der Waals surface area contributed by atoms with Crippen LogP contribution >= 0.6 is 11.6 Å². The molecule has 4 heteroatoms. The van der Waals surface area contributed by atoms with Crippen LogP contribution in [0, 0.1) is 5.92 Å². The third-order valence-electron chi connectivity index (χ3n) is 2.83. The van der Waals surface area contributed by atoms with Crippen LogP contribution in [0.15, 0.2) is 18.2 Å². The lowest BCUT2D eigenvalue weighted by Crippen LogP contribution is -2.25. The Balaban J connectivity index is 2.89. The molecule has 0 bridgehead atoms. The molecule has 0 saturated heterocycles. The third kappa shape index (κ3) is 3.72. The van der Waals surface area contributed by atoms with Crippen molar-refractivity contribution in [2.24, 2.45) is 5.92 Å². The molecule has 0 radical (unpaired) electrons. The van der Waals surface area contributed by atoms with Gasteiger partial charge in [0.15, 0.2) is 5.78 Å². The Morgan fingerprint density at radius 3 is 2.67 bits per heavy atom. The molecule has 1 atom stereocenters. The van der Waals surface area contributed by atoms with E-state index in [1.165, 1.54) is 0 Å². The topological polar surface area (TPSA) is 38.3 Å². The quantitative estimate of drug-likeness (QED) is 0.773. The summed E-state index contributed by atoms with van der Waals surface area (Å²) in [7, 11) is 1.85. The second kappa shape index (κ2) is 7.39. The average molecular weight is 270 g/mol. The molecule has 0 spiro atoms. The predicted octanol–water partition coefficient (Wildman–Crippen LogP) is 3.17. The van der Waals surface area contributed by atoms with Gasteiger partial charge in [-0.3, -0.25) is 4.79 Å². The Bertz CT molecular complexity index is 407. The summed E-state index contributed by atoms with van der Waals surface area (Å²) >= 11 is 6.08. The number of carbonyl (C=O) groups is 1. The maximum atomic E-state index is 12.2. The van der Waals surface area contributed by atoms with Gasteiger partial charge in [0.05, 0.1) is 11.6 Å². The van der Waals surface area contributed by atoms with Gasteiger partial charge in [0.2, 0.25) is 0 Å². The highest BCUT2D eigenvalue weighted by Gasteiger charge is 2.18. The number of carbonyl (C=O) groups excluding carboxylic acids is 1. The number of benzene rings is 1. The van der Waals surface area contributed by atoms with Crippen LogP contribution in [0.4, 0.5) is 0 Å². The summed E-state index contributed by atoms with van der Waals surface area (Å²) in [6.07, 6.45) is 0.810. The summed E-state index contributed by atoms with van der Waals surface area (Å²) in [6, 6.07) is 5.22. The van der Waals surface area contributed by atoms with E-state index in [-0.39, 0.29) is 11.7 Å². The van der Waals surface area contributed by atoms with Gasteiger partial charge in [0.1, 0.15) is 5.75 Å². The van der Waals surface area contributed by atoms with Gasteiger partial charge in [-0.2, -0.15) is 0 Å². The SMILES string of the molecule is CCOc1ccc(C(=O)C(CC)CNC)cc1Cl. The first-order valence-electron chi connectivity index (χ1n) is 6.25. The predicted molar refractivity (Wildman–Crippen MR) is 74.7 cm³/mol. The normalized spacial score (nSPS) is 12.2. The molecule has 0 aliphatic carbocycles. The Morgan fingerprint density at radius 1 is 1.44 bits per heavy atom. The zero-order valence-corrected chi connectivity index (χ0v) is 11.9. The van der Waals surface area contributed by atoms with E-state index in [2.05, 4.69) is 5.32 Å². The summed E-state index contributed by atoms with van der Waals surface area (Å²) in [6.45, 7) is 5.15. The van der Waals surface area contributed by atoms with Gasteiger partial charge in [-0.05, 0) is 38.6 Å². The van der Waals surface area contributed by atoms with Crippen molar-refractivity contribution in [1.82, 2.24) is 5.32 Å². The maximum Gasteiger partial charge on any atom is 0.167 e. The number of hydrogen-bond donors (Lipinski definition) is 1. The Labute approximate surface area is 113 Å². The number of ketones is 1. The first-order chi connectivity index (χ1) is 8.63. The van der Waals surface area contributed by atoms with Gasteiger partial charge in [-0.1, -0.05) is 18.5 Å². The van der Waals surface area contributed by atoms with Gasteiger partial charge in [0.25, 0.3) is 0 Å². The van der Waals surface area contributed by atoms with Crippen LogP contribution in [0.25, 0.3) is 0 Å². The summed E-state index contributed by atoms with van der Waals surface area (Å²) in [5.41, 5.74) is 0.644. The van der Waals surface area contributed by atoms with Crippen molar-refractivity contribution < 1.29 is 9.53 Å². The van der Waals surface area contributed by atoms with E-state index in [0.717, 1.165) is 6.42 Å². The van der Waals surface area contributed by atoms with E-state index < -0.39 is 0 Å². The van der Waals surface area contributed by atoms with Crippen molar-refractivity contribution >= 4 is 17.4 Å². The van der Waals surface area contributed by atoms with Crippen molar-refractivity contribution in [2.75, 3.05) is 20.2 Å². The minimum Gasteiger partial charge on any atom is -0.492 e. The minimum atomic E-state index is -0.0102. The van der Waals surface area contributed by atoms with Gasteiger partial charge in [-0.15, -0.1) is 0 Å². The second-order valence-electron chi connectivity index (χ2n) is 4.11. The summed E-state index contributed by atoms with van der Waals surface area (Å²) in [5, 5.41) is 3.53. The molecule has 100 valence electrons.